The van der Waals surface area contributed by atoms with Gasteiger partial charge in [-0.25, -0.2) is 19.6 Å². The number of rotatable bonds is 9. The normalized spacial score (nSPS) is 23.4. The topological polar surface area (TPSA) is 158 Å². The van der Waals surface area contributed by atoms with Gasteiger partial charge in [-0.3, -0.25) is 9.80 Å². The van der Waals surface area contributed by atoms with Crippen molar-refractivity contribution in [1.82, 2.24) is 35.1 Å². The van der Waals surface area contributed by atoms with Crippen LogP contribution >= 0.6 is 0 Å². The predicted molar refractivity (Wildman–Crippen MR) is 224 cm³/mol. The lowest BCUT2D eigenvalue weighted by Crippen LogP contribution is -2.56. The number of aliphatic hydroxyl groups excluding tert-OH is 1. The van der Waals surface area contributed by atoms with E-state index in [-0.39, 0.29) is 30.1 Å². The molecule has 0 radical (unpaired) electrons. The first-order chi connectivity index (χ1) is 28.5. The number of aliphatic hydroxyl groups is 1. The maximum Gasteiger partial charge on any atom is 0.411 e. The third kappa shape index (κ3) is 7.95. The zero-order valence-corrected chi connectivity index (χ0v) is 34.3. The Labute approximate surface area is 344 Å². The first kappa shape index (κ1) is 39.2. The van der Waals surface area contributed by atoms with E-state index >= 15 is 0 Å². The summed E-state index contributed by atoms with van der Waals surface area (Å²) >= 11 is 0. The minimum absolute atomic E-state index is 0.0808. The molecule has 13 nitrogen and oxygen atoms in total. The van der Waals surface area contributed by atoms with Gasteiger partial charge in [-0.2, -0.15) is 0 Å². The van der Waals surface area contributed by atoms with Gasteiger partial charge in [0.1, 0.15) is 23.5 Å². The van der Waals surface area contributed by atoms with Gasteiger partial charge < -0.3 is 34.6 Å². The van der Waals surface area contributed by atoms with Gasteiger partial charge in [0.05, 0.1) is 49.0 Å². The molecule has 4 fully saturated rings. The number of ether oxygens (including phenoxy) is 3. The molecule has 1 aliphatic carbocycles. The van der Waals surface area contributed by atoms with Crippen LogP contribution in [0.3, 0.4) is 0 Å². The van der Waals surface area contributed by atoms with Crippen LogP contribution in [-0.4, -0.2) is 97.8 Å². The van der Waals surface area contributed by atoms with E-state index in [9.17, 15) is 14.7 Å². The highest BCUT2D eigenvalue weighted by atomic mass is 16.6. The van der Waals surface area contributed by atoms with Crippen LogP contribution < -0.4 is 5.32 Å². The van der Waals surface area contributed by atoms with E-state index in [2.05, 4.69) is 80.8 Å². The van der Waals surface area contributed by atoms with Gasteiger partial charge in [0.25, 0.3) is 0 Å². The largest absolute Gasteiger partial charge is 0.453 e. The first-order valence-corrected chi connectivity index (χ1v) is 21.1. The summed E-state index contributed by atoms with van der Waals surface area (Å²) < 4.78 is 16.3. The molecule has 2 bridgehead atoms. The third-order valence-electron chi connectivity index (χ3n) is 12.9. The highest BCUT2D eigenvalue weighted by Crippen LogP contribution is 2.50. The van der Waals surface area contributed by atoms with Crippen molar-refractivity contribution in [2.75, 3.05) is 26.9 Å². The molecule has 3 aromatic carbocycles. The molecule has 3 aliphatic heterocycles. The van der Waals surface area contributed by atoms with E-state index in [1.54, 1.807) is 0 Å². The number of piperidine rings is 1. The molecule has 2 amide bonds. The number of fused-ring (bicyclic) bond motifs is 3. The zero-order valence-electron chi connectivity index (χ0n) is 34.3. The molecule has 1 unspecified atom stereocenters. The number of carbonyl (C=O) groups excluding carboxylic acids is 2. The van der Waals surface area contributed by atoms with Crippen LogP contribution in [-0.2, 0) is 14.2 Å². The van der Waals surface area contributed by atoms with Crippen LogP contribution in [0.25, 0.3) is 44.4 Å². The van der Waals surface area contributed by atoms with Gasteiger partial charge in [-0.1, -0.05) is 48.5 Å². The Morgan fingerprint density at radius 2 is 1.49 bits per heavy atom. The molecular formula is C46H55N7O6. The minimum Gasteiger partial charge on any atom is -0.453 e. The van der Waals surface area contributed by atoms with Crippen LogP contribution in [0.1, 0.15) is 89.4 Å². The van der Waals surface area contributed by atoms with Crippen molar-refractivity contribution in [3.8, 4) is 33.6 Å². The molecule has 2 aromatic heterocycles. The van der Waals surface area contributed by atoms with Crippen molar-refractivity contribution in [1.29, 1.82) is 0 Å². The van der Waals surface area contributed by atoms with E-state index in [1.165, 1.54) is 7.11 Å². The van der Waals surface area contributed by atoms with Gasteiger partial charge in [-0.15, -0.1) is 0 Å². The number of benzene rings is 3. The average Bonchev–Trinajstić information content (AvgIpc) is 4.10. The van der Waals surface area contributed by atoms with Crippen molar-refractivity contribution in [2.45, 2.75) is 102 Å². The number of nitrogens with zero attached hydrogens (tertiary/aromatic N) is 4. The number of aromatic amines is 2. The second kappa shape index (κ2) is 16.1. The Balaban J connectivity index is 0.880. The maximum atomic E-state index is 13.2. The summed E-state index contributed by atoms with van der Waals surface area (Å²) in [5.74, 6) is 2.10. The lowest BCUT2D eigenvalue weighted by atomic mass is 9.90. The fourth-order valence-corrected chi connectivity index (χ4v) is 9.95. The van der Waals surface area contributed by atoms with Crippen molar-refractivity contribution in [2.24, 2.45) is 11.8 Å². The zero-order chi connectivity index (χ0) is 40.8. The molecule has 13 heteroatoms. The fraction of sp³-hybridized carbons (Fsp3) is 0.478. The van der Waals surface area contributed by atoms with Gasteiger partial charge in [-0.05, 0) is 117 Å². The number of nitrogens with one attached hydrogen (secondary N) is 3. The number of hydrogen-bond donors (Lipinski definition) is 4. The number of amides is 2. The van der Waals surface area contributed by atoms with Gasteiger partial charge in [0, 0.05) is 31.4 Å². The molecule has 3 saturated heterocycles. The summed E-state index contributed by atoms with van der Waals surface area (Å²) in [6.45, 7) is 7.65. The number of methoxy groups -OCH3 is 1. The molecule has 310 valence electrons. The standard InChI is InChI=1S/C46H55N7O6/c1-46(2,3)59-45(56)53-35-16-15-34(24-35)40(53)42-48-25-36(50-42)28-9-7-27(8-10-28)30-11-12-32-23-33(14-13-31(32)22-30)37-26-47-41(49-37)38-6-5-19-52(38)43(54)39(51-44(55)57-4)29-17-20-58-21-18-29/h7-14,22-23,25-26,29,34-35,38-40,43,54H,5-6,15-21,24H2,1-4H3,(H,47,49)(H,48,50)(H,51,55)/t34-,35+,38-,39-,40-,43?/m0/s1. The SMILES string of the molecule is COC(=O)N[C@@H](C1CCOCC1)C(O)N1CCC[C@H]1c1ncc(-c2ccc3cc(-c4ccc(-c5cnc([C@@H]6[C@H]7CC[C@H](C7)N6C(=O)OC(C)(C)C)[nH]5)cc4)ccc3c2)[nH]1. The Bertz CT molecular complexity index is 2290. The number of likely N-dealkylation sites (tertiary alicyclic amines) is 2. The van der Waals surface area contributed by atoms with Crippen molar-refractivity contribution in [3.63, 3.8) is 0 Å². The molecule has 59 heavy (non-hydrogen) atoms. The number of alkyl carbamates (subject to hydrolysis) is 1. The summed E-state index contributed by atoms with van der Waals surface area (Å²) in [4.78, 5) is 46.2. The lowest BCUT2D eigenvalue weighted by Gasteiger charge is -2.39. The molecule has 1 saturated carbocycles. The van der Waals surface area contributed by atoms with Crippen molar-refractivity contribution >= 4 is 23.0 Å². The Kier molecular flexibility index (Phi) is 10.7. The number of imidazole rings is 2. The second-order valence-electron chi connectivity index (χ2n) is 17.7. The minimum atomic E-state index is -0.891. The van der Waals surface area contributed by atoms with Gasteiger partial charge >= 0.3 is 12.2 Å². The summed E-state index contributed by atoms with van der Waals surface area (Å²) in [5, 5.41) is 16.9. The summed E-state index contributed by atoms with van der Waals surface area (Å²) in [5.41, 5.74) is 5.61. The molecule has 6 atom stereocenters. The van der Waals surface area contributed by atoms with E-state index in [4.69, 9.17) is 24.2 Å². The van der Waals surface area contributed by atoms with Crippen LogP contribution in [0.5, 0.6) is 0 Å². The van der Waals surface area contributed by atoms with Crippen molar-refractivity contribution in [3.05, 3.63) is 84.7 Å². The van der Waals surface area contributed by atoms with Crippen LogP contribution in [0.15, 0.2) is 73.1 Å². The molecular weight excluding hydrogens is 747 g/mol. The summed E-state index contributed by atoms with van der Waals surface area (Å²) in [6, 6.07) is 21.0. The number of aromatic nitrogens is 4. The monoisotopic (exact) mass is 801 g/mol. The van der Waals surface area contributed by atoms with Crippen LogP contribution in [0.4, 0.5) is 9.59 Å². The molecule has 4 aliphatic rings. The number of hydrogen-bond acceptors (Lipinski definition) is 9. The molecule has 9 rings (SSSR count). The van der Waals surface area contributed by atoms with E-state index < -0.39 is 24.0 Å². The molecule has 5 aromatic rings. The Morgan fingerprint density at radius 1 is 0.847 bits per heavy atom. The smallest absolute Gasteiger partial charge is 0.411 e. The van der Waals surface area contributed by atoms with Crippen LogP contribution in [0, 0.1) is 11.8 Å². The quantitative estimate of drug-likeness (QED) is 0.115. The van der Waals surface area contributed by atoms with E-state index in [1.807, 2.05) is 38.1 Å². The number of carbonyl (C=O) groups is 2. The van der Waals surface area contributed by atoms with Crippen molar-refractivity contribution < 1.29 is 28.9 Å². The Hall–Kier alpha value is -5.24. The van der Waals surface area contributed by atoms with E-state index in [0.29, 0.717) is 25.7 Å². The van der Waals surface area contributed by atoms with Gasteiger partial charge in [0.2, 0.25) is 0 Å². The molecule has 0 spiro atoms. The van der Waals surface area contributed by atoms with Gasteiger partial charge in [0.15, 0.2) is 0 Å². The summed E-state index contributed by atoms with van der Waals surface area (Å²) in [6.07, 6.45) is 8.46. The molecule has 4 N–H and O–H groups in total. The van der Waals surface area contributed by atoms with E-state index in [0.717, 1.165) is 101 Å². The highest BCUT2D eigenvalue weighted by Gasteiger charge is 2.51. The fourth-order valence-electron chi connectivity index (χ4n) is 9.95. The predicted octanol–water partition coefficient (Wildman–Crippen LogP) is 8.35. The second-order valence-corrected chi connectivity index (χ2v) is 17.7. The average molecular weight is 802 g/mol. The van der Waals surface area contributed by atoms with Crippen LogP contribution in [0.2, 0.25) is 0 Å². The molecule has 5 heterocycles. The number of H-pyrrole nitrogens is 2. The highest BCUT2D eigenvalue weighted by molar-refractivity contribution is 5.90. The third-order valence-corrected chi connectivity index (χ3v) is 12.9. The maximum absolute atomic E-state index is 13.2. The lowest BCUT2D eigenvalue weighted by molar-refractivity contribution is -0.0621. The first-order valence-electron chi connectivity index (χ1n) is 21.1. The summed E-state index contributed by atoms with van der Waals surface area (Å²) in [7, 11) is 1.35. The Morgan fingerprint density at radius 3 is 2.22 bits per heavy atom.